The van der Waals surface area contributed by atoms with Crippen LogP contribution >= 0.6 is 0 Å². The van der Waals surface area contributed by atoms with E-state index in [0.29, 0.717) is 18.7 Å². The van der Waals surface area contributed by atoms with Crippen LogP contribution in [0, 0.1) is 17.2 Å². The maximum atomic E-state index is 12.6. The molecular formula is C19H25N3O4S. The topological polar surface area (TPSA) is 107 Å². The molecule has 1 fully saturated rings. The number of likely N-dealkylation sites (tertiary alicyclic amines) is 1. The summed E-state index contributed by atoms with van der Waals surface area (Å²) in [6.45, 7) is 1.07. The second kappa shape index (κ2) is 10.1. The molecule has 0 saturated carbocycles. The van der Waals surface area contributed by atoms with E-state index in [1.807, 2.05) is 0 Å². The van der Waals surface area contributed by atoms with E-state index in [4.69, 9.17) is 5.26 Å². The molecule has 146 valence electrons. The molecule has 1 aromatic carbocycles. The highest BCUT2D eigenvalue weighted by molar-refractivity contribution is 7.90. The molecule has 2 amide bonds. The zero-order valence-corrected chi connectivity index (χ0v) is 16.1. The Morgan fingerprint density at radius 2 is 1.81 bits per heavy atom. The van der Waals surface area contributed by atoms with Crippen molar-refractivity contribution in [3.05, 3.63) is 35.9 Å². The number of rotatable bonds is 8. The van der Waals surface area contributed by atoms with Crippen LogP contribution in [0.3, 0.4) is 0 Å². The minimum atomic E-state index is -3.59. The first-order chi connectivity index (χ1) is 12.9. The maximum Gasteiger partial charge on any atom is 0.225 e. The molecule has 2 rings (SSSR count). The highest BCUT2D eigenvalue weighted by atomic mass is 32.2. The summed E-state index contributed by atoms with van der Waals surface area (Å²) in [6.07, 6.45) is 2.75. The van der Waals surface area contributed by atoms with Crippen LogP contribution in [-0.2, 0) is 25.2 Å². The Hall–Kier alpha value is -2.40. The summed E-state index contributed by atoms with van der Waals surface area (Å²) in [7, 11) is -3.59. The molecule has 8 heteroatoms. The fourth-order valence-corrected chi connectivity index (χ4v) is 4.88. The van der Waals surface area contributed by atoms with Crippen molar-refractivity contribution in [2.24, 2.45) is 5.92 Å². The molecule has 1 saturated heterocycles. The second-order valence-electron chi connectivity index (χ2n) is 6.76. The largest absolute Gasteiger partial charge is 0.343 e. The van der Waals surface area contributed by atoms with Gasteiger partial charge in [0.2, 0.25) is 11.8 Å². The molecule has 7 nitrogen and oxygen atoms in total. The number of piperidine rings is 1. The smallest absolute Gasteiger partial charge is 0.225 e. The summed E-state index contributed by atoms with van der Waals surface area (Å²) in [4.78, 5) is 26.6. The average Bonchev–Trinajstić information content (AvgIpc) is 2.66. The van der Waals surface area contributed by atoms with Gasteiger partial charge in [-0.2, -0.15) is 5.26 Å². The summed E-state index contributed by atoms with van der Waals surface area (Å²) in [5.74, 6) is -2.38. The van der Waals surface area contributed by atoms with Gasteiger partial charge < -0.3 is 10.2 Å². The van der Waals surface area contributed by atoms with Crippen LogP contribution in [-0.4, -0.2) is 50.5 Å². The van der Waals surface area contributed by atoms with Crippen LogP contribution in [0.2, 0.25) is 0 Å². The first-order valence-electron chi connectivity index (χ1n) is 9.08. The van der Waals surface area contributed by atoms with Crippen molar-refractivity contribution in [3.63, 3.8) is 0 Å². The molecule has 0 radical (unpaired) electrons. The maximum absolute atomic E-state index is 12.6. The third kappa shape index (κ3) is 7.02. The molecule has 1 aliphatic heterocycles. The van der Waals surface area contributed by atoms with Gasteiger partial charge in [-0.1, -0.05) is 30.3 Å². The van der Waals surface area contributed by atoms with Crippen LogP contribution in [0.15, 0.2) is 30.3 Å². The number of amides is 2. The highest BCUT2D eigenvalue weighted by Gasteiger charge is 2.30. The van der Waals surface area contributed by atoms with Gasteiger partial charge in [0.25, 0.3) is 0 Å². The SMILES string of the molecule is N#CCNC(=O)C(CC(=O)N1CCCCC1)CS(=O)(=O)Cc1ccccc1. The lowest BCUT2D eigenvalue weighted by atomic mass is 10.0. The summed E-state index contributed by atoms with van der Waals surface area (Å²) < 4.78 is 25.2. The summed E-state index contributed by atoms with van der Waals surface area (Å²) in [5, 5.41) is 11.0. The van der Waals surface area contributed by atoms with E-state index in [1.54, 1.807) is 41.3 Å². The van der Waals surface area contributed by atoms with E-state index in [0.717, 1.165) is 19.3 Å². The molecule has 1 atom stereocenters. The molecule has 1 heterocycles. The fourth-order valence-electron chi connectivity index (χ4n) is 3.18. The van der Waals surface area contributed by atoms with Gasteiger partial charge in [-0.05, 0) is 24.8 Å². The van der Waals surface area contributed by atoms with E-state index in [2.05, 4.69) is 5.32 Å². The number of nitriles is 1. The Morgan fingerprint density at radius 3 is 2.44 bits per heavy atom. The predicted octanol–water partition coefficient (Wildman–Crippen LogP) is 1.26. The predicted molar refractivity (Wildman–Crippen MR) is 101 cm³/mol. The van der Waals surface area contributed by atoms with Crippen molar-refractivity contribution >= 4 is 21.7 Å². The minimum Gasteiger partial charge on any atom is -0.343 e. The molecule has 1 N–H and O–H groups in total. The van der Waals surface area contributed by atoms with E-state index in [9.17, 15) is 18.0 Å². The lowest BCUT2D eigenvalue weighted by molar-refractivity contribution is -0.136. The molecule has 0 aromatic heterocycles. The van der Waals surface area contributed by atoms with E-state index in [1.165, 1.54) is 0 Å². The van der Waals surface area contributed by atoms with Gasteiger partial charge in [0.05, 0.1) is 23.5 Å². The normalized spacial score (nSPS) is 15.6. The van der Waals surface area contributed by atoms with Gasteiger partial charge in [0.1, 0.15) is 6.54 Å². The van der Waals surface area contributed by atoms with E-state index in [-0.39, 0.29) is 24.6 Å². The number of sulfone groups is 1. The standard InChI is InChI=1S/C19H25N3O4S/c20-9-10-21-19(24)17(13-18(23)22-11-5-2-6-12-22)15-27(25,26)14-16-7-3-1-4-8-16/h1,3-4,7-8,17H,2,5-6,10-15H2,(H,21,24). The monoisotopic (exact) mass is 391 g/mol. The minimum absolute atomic E-state index is 0.161. The molecule has 0 bridgehead atoms. The average molecular weight is 391 g/mol. The fraction of sp³-hybridized carbons (Fsp3) is 0.526. The van der Waals surface area contributed by atoms with Crippen molar-refractivity contribution < 1.29 is 18.0 Å². The Morgan fingerprint density at radius 1 is 1.15 bits per heavy atom. The molecule has 0 aliphatic carbocycles. The summed E-state index contributed by atoms with van der Waals surface area (Å²) >= 11 is 0. The number of nitrogens with one attached hydrogen (secondary N) is 1. The number of nitrogens with zero attached hydrogens (tertiary/aromatic N) is 2. The Labute approximate surface area is 160 Å². The van der Waals surface area contributed by atoms with Crippen molar-refractivity contribution in [1.82, 2.24) is 10.2 Å². The van der Waals surface area contributed by atoms with Crippen molar-refractivity contribution in [3.8, 4) is 6.07 Å². The number of benzene rings is 1. The Bertz CT molecular complexity index is 781. The number of carbonyl (C=O) groups excluding carboxylic acids is 2. The van der Waals surface area contributed by atoms with Crippen molar-refractivity contribution in [1.29, 1.82) is 5.26 Å². The van der Waals surface area contributed by atoms with Gasteiger partial charge >= 0.3 is 0 Å². The lowest BCUT2D eigenvalue weighted by Gasteiger charge is -2.28. The molecule has 1 unspecified atom stereocenters. The number of hydrogen-bond acceptors (Lipinski definition) is 5. The van der Waals surface area contributed by atoms with Gasteiger partial charge in [-0.15, -0.1) is 0 Å². The van der Waals surface area contributed by atoms with E-state index < -0.39 is 27.4 Å². The summed E-state index contributed by atoms with van der Waals surface area (Å²) in [6, 6.07) is 10.5. The zero-order valence-electron chi connectivity index (χ0n) is 15.3. The van der Waals surface area contributed by atoms with Crippen LogP contribution in [0.5, 0.6) is 0 Å². The molecule has 0 spiro atoms. The molecule has 1 aromatic rings. The zero-order chi connectivity index (χ0) is 19.7. The van der Waals surface area contributed by atoms with Crippen LogP contribution in [0.4, 0.5) is 0 Å². The first-order valence-corrected chi connectivity index (χ1v) is 10.9. The summed E-state index contributed by atoms with van der Waals surface area (Å²) in [5.41, 5.74) is 0.635. The first kappa shape index (κ1) is 20.9. The lowest BCUT2D eigenvalue weighted by Crippen LogP contribution is -2.41. The molecular weight excluding hydrogens is 366 g/mol. The molecule has 27 heavy (non-hydrogen) atoms. The third-order valence-electron chi connectivity index (χ3n) is 4.53. The Kier molecular flexibility index (Phi) is 7.80. The van der Waals surface area contributed by atoms with Crippen molar-refractivity contribution in [2.45, 2.75) is 31.4 Å². The highest BCUT2D eigenvalue weighted by Crippen LogP contribution is 2.17. The van der Waals surface area contributed by atoms with Crippen molar-refractivity contribution in [2.75, 3.05) is 25.4 Å². The van der Waals surface area contributed by atoms with Crippen LogP contribution in [0.1, 0.15) is 31.2 Å². The van der Waals surface area contributed by atoms with Gasteiger partial charge in [0.15, 0.2) is 9.84 Å². The molecule has 1 aliphatic rings. The van der Waals surface area contributed by atoms with Crippen LogP contribution in [0.25, 0.3) is 0 Å². The van der Waals surface area contributed by atoms with E-state index >= 15 is 0 Å². The quantitative estimate of drug-likeness (QED) is 0.671. The van der Waals surface area contributed by atoms with Gasteiger partial charge in [-0.3, -0.25) is 9.59 Å². The van der Waals surface area contributed by atoms with Gasteiger partial charge in [-0.25, -0.2) is 8.42 Å². The van der Waals surface area contributed by atoms with Crippen LogP contribution < -0.4 is 5.32 Å². The third-order valence-corrected chi connectivity index (χ3v) is 6.21. The second-order valence-corrected chi connectivity index (χ2v) is 8.87. The van der Waals surface area contributed by atoms with Gasteiger partial charge in [0, 0.05) is 19.5 Å². The Balaban J connectivity index is 2.07. The number of hydrogen-bond donors (Lipinski definition) is 1. The number of carbonyl (C=O) groups is 2.